The van der Waals surface area contributed by atoms with Gasteiger partial charge in [0.1, 0.15) is 17.8 Å². The number of hydrogen-bond donors (Lipinski definition) is 1. The van der Waals surface area contributed by atoms with E-state index in [4.69, 9.17) is 0 Å². The number of aromatic nitrogens is 2. The van der Waals surface area contributed by atoms with E-state index >= 15 is 0 Å². The molecule has 6 heteroatoms. The van der Waals surface area contributed by atoms with Gasteiger partial charge in [-0.1, -0.05) is 25.1 Å². The van der Waals surface area contributed by atoms with Crippen molar-refractivity contribution in [3.8, 4) is 0 Å². The second-order valence-electron chi connectivity index (χ2n) is 6.47. The Morgan fingerprint density at radius 3 is 2.68 bits per heavy atom. The zero-order valence-corrected chi connectivity index (χ0v) is 15.1. The van der Waals surface area contributed by atoms with Gasteiger partial charge in [-0.2, -0.15) is 0 Å². The molecule has 0 unspecified atom stereocenters. The van der Waals surface area contributed by atoms with Gasteiger partial charge < -0.3 is 15.1 Å². The molecule has 1 aliphatic rings. The van der Waals surface area contributed by atoms with E-state index in [1.54, 1.807) is 6.07 Å². The minimum Gasteiger partial charge on any atom is -0.340 e. The van der Waals surface area contributed by atoms with Gasteiger partial charge in [0, 0.05) is 37.9 Å². The van der Waals surface area contributed by atoms with E-state index in [0.717, 1.165) is 43.9 Å². The van der Waals surface area contributed by atoms with E-state index in [-0.39, 0.29) is 5.91 Å². The molecule has 3 rings (SSSR count). The number of nitrogens with one attached hydrogen (secondary N) is 1. The summed E-state index contributed by atoms with van der Waals surface area (Å²) in [7, 11) is 2.07. The normalized spacial score (nSPS) is 15.2. The van der Waals surface area contributed by atoms with E-state index < -0.39 is 0 Å². The lowest BCUT2D eigenvalue weighted by Crippen LogP contribution is -2.47. The zero-order valence-electron chi connectivity index (χ0n) is 15.1. The van der Waals surface area contributed by atoms with Gasteiger partial charge in [-0.05, 0) is 31.5 Å². The fraction of sp³-hybridized carbons (Fsp3) is 0.421. The highest BCUT2D eigenvalue weighted by atomic mass is 16.2. The first-order valence-electron chi connectivity index (χ1n) is 8.74. The predicted molar refractivity (Wildman–Crippen MR) is 99.3 cm³/mol. The first-order chi connectivity index (χ1) is 12.1. The van der Waals surface area contributed by atoms with Crippen LogP contribution in [0, 0.1) is 6.92 Å². The van der Waals surface area contributed by atoms with Gasteiger partial charge in [0.05, 0.1) is 0 Å². The average molecular weight is 339 g/mol. The van der Waals surface area contributed by atoms with Gasteiger partial charge >= 0.3 is 0 Å². The zero-order chi connectivity index (χ0) is 17.8. The summed E-state index contributed by atoms with van der Waals surface area (Å²) in [4.78, 5) is 25.2. The number of aryl methyl sites for hydroxylation is 2. The summed E-state index contributed by atoms with van der Waals surface area (Å²) in [5, 5.41) is 3.37. The maximum Gasteiger partial charge on any atom is 0.272 e. The molecule has 2 heterocycles. The van der Waals surface area contributed by atoms with Gasteiger partial charge in [0.25, 0.3) is 5.91 Å². The lowest BCUT2D eigenvalue weighted by molar-refractivity contribution is 0.0658. The van der Waals surface area contributed by atoms with Crippen LogP contribution in [0.5, 0.6) is 0 Å². The van der Waals surface area contributed by atoms with Crippen LogP contribution in [-0.4, -0.2) is 58.9 Å². The third kappa shape index (κ3) is 3.96. The summed E-state index contributed by atoms with van der Waals surface area (Å²) in [6.45, 7) is 7.46. The highest BCUT2D eigenvalue weighted by Gasteiger charge is 2.21. The summed E-state index contributed by atoms with van der Waals surface area (Å²) < 4.78 is 0. The molecular formula is C19H25N5O. The van der Waals surface area contributed by atoms with Crippen LogP contribution in [0.3, 0.4) is 0 Å². The Balaban J connectivity index is 1.79. The van der Waals surface area contributed by atoms with Gasteiger partial charge in [0.2, 0.25) is 0 Å². The third-order valence-electron chi connectivity index (χ3n) is 4.67. The number of para-hydroxylation sites is 1. The van der Waals surface area contributed by atoms with Gasteiger partial charge in [-0.25, -0.2) is 9.97 Å². The molecule has 0 spiro atoms. The molecular weight excluding hydrogens is 314 g/mol. The van der Waals surface area contributed by atoms with E-state index in [0.29, 0.717) is 11.5 Å². The van der Waals surface area contributed by atoms with E-state index in [1.807, 2.05) is 4.90 Å². The molecule has 1 fully saturated rings. The van der Waals surface area contributed by atoms with Gasteiger partial charge in [0.15, 0.2) is 0 Å². The summed E-state index contributed by atoms with van der Waals surface area (Å²) >= 11 is 0. The monoisotopic (exact) mass is 339 g/mol. The lowest BCUT2D eigenvalue weighted by Gasteiger charge is -2.32. The quantitative estimate of drug-likeness (QED) is 0.927. The Kier molecular flexibility index (Phi) is 5.28. The fourth-order valence-electron chi connectivity index (χ4n) is 3.04. The van der Waals surface area contributed by atoms with Crippen LogP contribution in [0.1, 0.15) is 28.5 Å². The number of amides is 1. The van der Waals surface area contributed by atoms with Crippen molar-refractivity contribution < 1.29 is 4.79 Å². The SMILES string of the molecule is CCc1cccc(C)c1Nc1cc(C(=O)N2CCN(C)CC2)ncn1. The standard InChI is InChI=1S/C19H25N5O/c1-4-15-7-5-6-14(2)18(15)22-17-12-16(20-13-21-17)19(25)24-10-8-23(3)9-11-24/h5-7,12-13H,4,8-11H2,1-3H3,(H,20,21,22). The fourth-order valence-corrected chi connectivity index (χ4v) is 3.04. The number of nitrogens with zero attached hydrogens (tertiary/aromatic N) is 4. The van der Waals surface area contributed by atoms with Gasteiger partial charge in [-0.15, -0.1) is 0 Å². The van der Waals surface area contributed by atoms with Crippen LogP contribution < -0.4 is 5.32 Å². The Morgan fingerprint density at radius 2 is 1.96 bits per heavy atom. The van der Waals surface area contributed by atoms with Crippen molar-refractivity contribution in [2.75, 3.05) is 38.5 Å². The average Bonchev–Trinajstić information content (AvgIpc) is 2.63. The molecule has 132 valence electrons. The Bertz CT molecular complexity index is 753. The number of hydrogen-bond acceptors (Lipinski definition) is 5. The Hall–Kier alpha value is -2.47. The van der Waals surface area contributed by atoms with Crippen molar-refractivity contribution in [1.82, 2.24) is 19.8 Å². The van der Waals surface area contributed by atoms with E-state index in [2.05, 4.69) is 59.3 Å². The van der Waals surface area contributed by atoms with Crippen LogP contribution in [0.4, 0.5) is 11.5 Å². The van der Waals surface area contributed by atoms with Crippen LogP contribution >= 0.6 is 0 Å². The number of piperazine rings is 1. The molecule has 1 N–H and O–H groups in total. The molecule has 1 aliphatic heterocycles. The minimum atomic E-state index is -0.0287. The molecule has 2 aromatic rings. The molecule has 25 heavy (non-hydrogen) atoms. The van der Waals surface area contributed by atoms with Crippen molar-refractivity contribution in [3.63, 3.8) is 0 Å². The van der Waals surface area contributed by atoms with Gasteiger partial charge in [-0.3, -0.25) is 4.79 Å². The predicted octanol–water partition coefficient (Wildman–Crippen LogP) is 2.48. The molecule has 1 saturated heterocycles. The number of rotatable bonds is 4. The molecule has 1 aromatic heterocycles. The molecule has 1 aromatic carbocycles. The number of anilines is 2. The minimum absolute atomic E-state index is 0.0287. The molecule has 0 bridgehead atoms. The first kappa shape index (κ1) is 17.4. The maximum absolute atomic E-state index is 12.7. The lowest BCUT2D eigenvalue weighted by atomic mass is 10.1. The molecule has 0 aliphatic carbocycles. The topological polar surface area (TPSA) is 61.4 Å². The van der Waals surface area contributed by atoms with Crippen molar-refractivity contribution in [2.24, 2.45) is 0 Å². The van der Waals surface area contributed by atoms with Crippen molar-refractivity contribution in [3.05, 3.63) is 47.4 Å². The molecule has 6 nitrogen and oxygen atoms in total. The Morgan fingerprint density at radius 1 is 1.20 bits per heavy atom. The van der Waals surface area contributed by atoms with E-state index in [9.17, 15) is 4.79 Å². The van der Waals surface area contributed by atoms with Crippen molar-refractivity contribution >= 4 is 17.4 Å². The number of carbonyl (C=O) groups excluding carboxylic acids is 1. The molecule has 0 saturated carbocycles. The van der Waals surface area contributed by atoms with Crippen LogP contribution in [0.25, 0.3) is 0 Å². The summed E-state index contributed by atoms with van der Waals surface area (Å²) in [5.41, 5.74) is 3.88. The molecule has 0 atom stereocenters. The third-order valence-corrected chi connectivity index (χ3v) is 4.67. The summed E-state index contributed by atoms with van der Waals surface area (Å²) in [5.74, 6) is 0.621. The van der Waals surface area contributed by atoms with Crippen LogP contribution in [0.2, 0.25) is 0 Å². The second-order valence-corrected chi connectivity index (χ2v) is 6.47. The number of benzene rings is 1. The number of carbonyl (C=O) groups is 1. The molecule has 1 amide bonds. The molecule has 0 radical (unpaired) electrons. The highest BCUT2D eigenvalue weighted by Crippen LogP contribution is 2.24. The maximum atomic E-state index is 12.7. The second kappa shape index (κ2) is 7.61. The highest BCUT2D eigenvalue weighted by molar-refractivity contribution is 5.93. The van der Waals surface area contributed by atoms with Crippen LogP contribution in [0.15, 0.2) is 30.6 Å². The summed E-state index contributed by atoms with van der Waals surface area (Å²) in [6, 6.07) is 7.97. The summed E-state index contributed by atoms with van der Waals surface area (Å²) in [6.07, 6.45) is 2.39. The van der Waals surface area contributed by atoms with Crippen LogP contribution in [-0.2, 0) is 6.42 Å². The largest absolute Gasteiger partial charge is 0.340 e. The smallest absolute Gasteiger partial charge is 0.272 e. The number of likely N-dealkylation sites (N-methyl/N-ethyl adjacent to an activating group) is 1. The van der Waals surface area contributed by atoms with Crippen molar-refractivity contribution in [1.29, 1.82) is 0 Å². The van der Waals surface area contributed by atoms with Crippen molar-refractivity contribution in [2.45, 2.75) is 20.3 Å². The van der Waals surface area contributed by atoms with E-state index in [1.165, 1.54) is 11.9 Å². The first-order valence-corrected chi connectivity index (χ1v) is 8.74. The Labute approximate surface area is 148 Å².